The summed E-state index contributed by atoms with van der Waals surface area (Å²) in [5.74, 6) is -3.50. The van der Waals surface area contributed by atoms with E-state index in [-0.39, 0.29) is 23.4 Å². The fourth-order valence-corrected chi connectivity index (χ4v) is 4.09. The molecule has 0 spiro atoms. The van der Waals surface area contributed by atoms with E-state index in [0.29, 0.717) is 16.5 Å². The number of amides is 2. The van der Waals surface area contributed by atoms with Crippen LogP contribution in [0.5, 0.6) is 0 Å². The number of fused-ring (bicyclic) bond motifs is 2. The van der Waals surface area contributed by atoms with E-state index in [2.05, 4.69) is 10.6 Å². The molecular formula is C27H24FN2O7-. The zero-order valence-corrected chi connectivity index (χ0v) is 20.3. The first-order valence-electron chi connectivity index (χ1n) is 11.6. The number of hydrogen-bond donors (Lipinski definition) is 2. The van der Waals surface area contributed by atoms with Gasteiger partial charge in [0.05, 0.1) is 36.8 Å². The molecule has 0 radical (unpaired) electrons. The van der Waals surface area contributed by atoms with Crippen molar-refractivity contribution >= 4 is 39.7 Å². The molecule has 0 unspecified atom stereocenters. The van der Waals surface area contributed by atoms with Crippen LogP contribution in [0.4, 0.5) is 4.39 Å². The zero-order valence-electron chi connectivity index (χ0n) is 20.3. The monoisotopic (exact) mass is 507 g/mol. The summed E-state index contributed by atoms with van der Waals surface area (Å²) in [6, 6.07) is 8.12. The van der Waals surface area contributed by atoms with Crippen molar-refractivity contribution < 1.29 is 32.7 Å². The van der Waals surface area contributed by atoms with Gasteiger partial charge in [0, 0.05) is 22.4 Å². The maximum Gasteiger partial charge on any atom is 0.340 e. The van der Waals surface area contributed by atoms with Gasteiger partial charge in [-0.15, -0.1) is 0 Å². The molecule has 4 aromatic rings. The van der Waals surface area contributed by atoms with Gasteiger partial charge in [0.25, 0.3) is 0 Å². The Morgan fingerprint density at radius 2 is 1.73 bits per heavy atom. The standard InChI is InChI=1S/C27H25FN2O7/c1-13(2)25(26(33)34)30-24(32)11-29-23(31)9-18-14(3)17-8-19-20(15-4-6-16(28)7-5-15)12-36-21(19)10-22(17)37-27(18)35/h4-8,10,12-13,25H,9,11H2,1-3H3,(H,29,31)(H,30,32)(H,33,34)/p-1/t25-/m0/s1. The molecule has 2 amide bonds. The molecule has 4 rings (SSSR count). The zero-order chi connectivity index (χ0) is 26.9. The number of halogens is 1. The van der Waals surface area contributed by atoms with E-state index < -0.39 is 41.9 Å². The number of carbonyl (C=O) groups is 3. The number of carbonyl (C=O) groups excluding carboxylic acids is 3. The predicted molar refractivity (Wildman–Crippen MR) is 131 cm³/mol. The number of carboxylic acids is 1. The number of aliphatic carboxylic acids is 1. The Morgan fingerprint density at radius 1 is 1.03 bits per heavy atom. The molecule has 192 valence electrons. The van der Waals surface area contributed by atoms with E-state index in [4.69, 9.17) is 8.83 Å². The maximum absolute atomic E-state index is 13.4. The summed E-state index contributed by atoms with van der Waals surface area (Å²) in [6.45, 7) is 4.44. The van der Waals surface area contributed by atoms with Gasteiger partial charge in [-0.1, -0.05) is 26.0 Å². The first-order valence-corrected chi connectivity index (χ1v) is 11.6. The van der Waals surface area contributed by atoms with Crippen molar-refractivity contribution in [3.8, 4) is 11.1 Å². The molecule has 9 nitrogen and oxygen atoms in total. The van der Waals surface area contributed by atoms with E-state index in [9.17, 15) is 28.7 Å². The van der Waals surface area contributed by atoms with Crippen LogP contribution in [0.1, 0.15) is 25.0 Å². The lowest BCUT2D eigenvalue weighted by Gasteiger charge is -2.23. The molecule has 0 aliphatic carbocycles. The third-order valence-corrected chi connectivity index (χ3v) is 6.16. The second-order valence-corrected chi connectivity index (χ2v) is 9.06. The molecule has 10 heteroatoms. The van der Waals surface area contributed by atoms with Crippen molar-refractivity contribution in [3.05, 3.63) is 70.0 Å². The van der Waals surface area contributed by atoms with Crippen molar-refractivity contribution in [2.45, 2.75) is 33.2 Å². The van der Waals surface area contributed by atoms with Crippen LogP contribution in [-0.2, 0) is 20.8 Å². The Bertz CT molecular complexity index is 1570. The van der Waals surface area contributed by atoms with Crippen LogP contribution in [0, 0.1) is 18.7 Å². The number of aryl methyl sites for hydroxylation is 1. The molecule has 0 bridgehead atoms. The van der Waals surface area contributed by atoms with Gasteiger partial charge >= 0.3 is 5.63 Å². The lowest BCUT2D eigenvalue weighted by atomic mass is 9.99. The van der Waals surface area contributed by atoms with Crippen LogP contribution in [0.2, 0.25) is 0 Å². The highest BCUT2D eigenvalue weighted by molar-refractivity contribution is 6.02. The van der Waals surface area contributed by atoms with Crippen LogP contribution in [-0.4, -0.2) is 30.4 Å². The summed E-state index contributed by atoms with van der Waals surface area (Å²) in [4.78, 5) is 48.4. The van der Waals surface area contributed by atoms with Gasteiger partial charge in [0.15, 0.2) is 0 Å². The number of hydrogen-bond acceptors (Lipinski definition) is 7. The molecule has 2 aromatic heterocycles. The molecule has 2 N–H and O–H groups in total. The third-order valence-electron chi connectivity index (χ3n) is 6.16. The Labute approximate surface area is 210 Å². The first-order chi connectivity index (χ1) is 17.5. The van der Waals surface area contributed by atoms with Crippen molar-refractivity contribution in [2.75, 3.05) is 6.54 Å². The van der Waals surface area contributed by atoms with Crippen LogP contribution >= 0.6 is 0 Å². The average Bonchev–Trinajstić information content (AvgIpc) is 3.25. The Hall–Kier alpha value is -4.47. The third kappa shape index (κ3) is 5.37. The van der Waals surface area contributed by atoms with Gasteiger partial charge in [0.2, 0.25) is 11.8 Å². The van der Waals surface area contributed by atoms with Crippen molar-refractivity contribution in [2.24, 2.45) is 5.92 Å². The van der Waals surface area contributed by atoms with Crippen LogP contribution < -0.4 is 21.4 Å². The molecule has 0 saturated heterocycles. The average molecular weight is 507 g/mol. The van der Waals surface area contributed by atoms with Gasteiger partial charge < -0.3 is 29.4 Å². The number of benzene rings is 2. The maximum atomic E-state index is 13.4. The molecule has 37 heavy (non-hydrogen) atoms. The van der Waals surface area contributed by atoms with Crippen LogP contribution in [0.3, 0.4) is 0 Å². The lowest BCUT2D eigenvalue weighted by molar-refractivity contribution is -0.309. The van der Waals surface area contributed by atoms with Gasteiger partial charge in [-0.05, 0) is 42.2 Å². The topological polar surface area (TPSA) is 142 Å². The predicted octanol–water partition coefficient (Wildman–Crippen LogP) is 2.20. The van der Waals surface area contributed by atoms with E-state index in [1.165, 1.54) is 18.4 Å². The first kappa shape index (κ1) is 25.6. The number of carboxylic acid groups (broad SMARTS) is 1. The SMILES string of the molecule is Cc1c(CC(=O)NCC(=O)N[C@H](C(=O)[O-])C(C)C)c(=O)oc2cc3occ(-c4ccc(F)cc4)c3cc12. The minimum absolute atomic E-state index is 0.117. The number of rotatable bonds is 8. The van der Waals surface area contributed by atoms with E-state index in [1.54, 1.807) is 45.0 Å². The van der Waals surface area contributed by atoms with Gasteiger partial charge in [-0.25, -0.2) is 9.18 Å². The van der Waals surface area contributed by atoms with Crippen LogP contribution in [0.25, 0.3) is 33.1 Å². The van der Waals surface area contributed by atoms with Crippen molar-refractivity contribution in [1.29, 1.82) is 0 Å². The van der Waals surface area contributed by atoms with Gasteiger partial charge in [0.1, 0.15) is 17.0 Å². The molecule has 0 fully saturated rings. The normalized spacial score (nSPS) is 12.1. The smallest absolute Gasteiger partial charge is 0.340 e. The molecule has 0 aliphatic heterocycles. The molecular weight excluding hydrogens is 483 g/mol. The summed E-state index contributed by atoms with van der Waals surface area (Å²) in [6.07, 6.45) is 1.19. The lowest BCUT2D eigenvalue weighted by Crippen LogP contribution is -2.53. The minimum atomic E-state index is -1.42. The molecule has 2 aromatic carbocycles. The van der Waals surface area contributed by atoms with Gasteiger partial charge in [-0.2, -0.15) is 0 Å². The summed E-state index contributed by atoms with van der Waals surface area (Å²) >= 11 is 0. The van der Waals surface area contributed by atoms with Crippen LogP contribution in [0.15, 0.2) is 56.3 Å². The molecule has 2 heterocycles. The van der Waals surface area contributed by atoms with Crippen molar-refractivity contribution in [3.63, 3.8) is 0 Å². The highest BCUT2D eigenvalue weighted by Crippen LogP contribution is 2.34. The number of nitrogens with one attached hydrogen (secondary N) is 2. The highest BCUT2D eigenvalue weighted by atomic mass is 19.1. The second-order valence-electron chi connectivity index (χ2n) is 9.06. The summed E-state index contributed by atoms with van der Waals surface area (Å²) in [5.41, 5.74) is 2.16. The Kier molecular flexibility index (Phi) is 7.10. The molecule has 0 saturated carbocycles. The summed E-state index contributed by atoms with van der Waals surface area (Å²) in [5, 5.41) is 17.1. The summed E-state index contributed by atoms with van der Waals surface area (Å²) in [7, 11) is 0. The van der Waals surface area contributed by atoms with Gasteiger partial charge in [-0.3, -0.25) is 9.59 Å². The minimum Gasteiger partial charge on any atom is -0.548 e. The highest BCUT2D eigenvalue weighted by Gasteiger charge is 2.20. The number of furan rings is 1. The largest absolute Gasteiger partial charge is 0.548 e. The molecule has 0 aliphatic rings. The summed E-state index contributed by atoms with van der Waals surface area (Å²) < 4.78 is 24.4. The van der Waals surface area contributed by atoms with E-state index in [0.717, 1.165) is 16.5 Å². The van der Waals surface area contributed by atoms with E-state index in [1.807, 2.05) is 0 Å². The quantitative estimate of drug-likeness (QED) is 0.348. The van der Waals surface area contributed by atoms with Crippen molar-refractivity contribution in [1.82, 2.24) is 10.6 Å². The fourth-order valence-electron chi connectivity index (χ4n) is 4.09. The Morgan fingerprint density at radius 3 is 2.38 bits per heavy atom. The van der Waals surface area contributed by atoms with E-state index >= 15 is 0 Å². The second kappa shape index (κ2) is 10.3. The fraction of sp³-hybridized carbons (Fsp3) is 0.259. The Balaban J connectivity index is 1.57. The molecule has 1 atom stereocenters.